The summed E-state index contributed by atoms with van der Waals surface area (Å²) in [5.41, 5.74) is 0. The molecule has 0 unspecified atom stereocenters. The molecule has 0 saturated heterocycles. The van der Waals surface area contributed by atoms with Crippen molar-refractivity contribution in [3.8, 4) is 0 Å². The third-order valence-corrected chi connectivity index (χ3v) is 0.111. The van der Waals surface area contributed by atoms with Crippen molar-refractivity contribution >= 4 is 14.7 Å². The molecular weight excluding hydrogens is 118 g/mol. The fourth-order valence-corrected chi connectivity index (χ4v) is 0.0227. The van der Waals surface area contributed by atoms with Crippen molar-refractivity contribution in [1.29, 1.82) is 0 Å². The molecule has 0 spiro atoms. The van der Waals surface area contributed by atoms with Crippen LogP contribution in [0.25, 0.3) is 0 Å². The fourth-order valence-electron chi connectivity index (χ4n) is 0.0227. The molecule has 0 atom stereocenters. The first-order chi connectivity index (χ1) is 2.41. The van der Waals surface area contributed by atoms with Crippen molar-refractivity contribution in [2.75, 3.05) is 0 Å². The summed E-state index contributed by atoms with van der Waals surface area (Å²) < 4.78 is 21.4. The van der Waals surface area contributed by atoms with E-state index in [0.717, 1.165) is 0 Å². The Balaban J connectivity index is -0.0000000267. The first-order valence-electron chi connectivity index (χ1n) is 0.943. The molecule has 0 saturated carbocycles. The molecule has 8 heteroatoms. The van der Waals surface area contributed by atoms with E-state index >= 15 is 0 Å². The van der Waals surface area contributed by atoms with Gasteiger partial charge in [-0.15, -0.1) is 0 Å². The molecule has 48 valence electrons. The topological polar surface area (TPSA) is 138 Å². The molecule has 0 aromatic rings. The van der Waals surface area contributed by atoms with Crippen LogP contribution in [0.2, 0.25) is 0 Å². The second-order valence-corrected chi connectivity index (χ2v) is 0.329. The van der Waals surface area contributed by atoms with E-state index < -0.39 is 0 Å². The van der Waals surface area contributed by atoms with Crippen LogP contribution in [0.3, 0.4) is 0 Å². The predicted octanol–water partition coefficient (Wildman–Crippen LogP) is -3.54. The predicted molar refractivity (Wildman–Crippen MR) is 24.8 cm³/mol. The molecule has 0 amide bonds. The number of rotatable bonds is 2. The summed E-state index contributed by atoms with van der Waals surface area (Å²) in [5.74, 6) is 0. The molecule has 0 aliphatic rings. The molecule has 0 aromatic heterocycles. The zero-order chi connectivity index (χ0) is 4.12. The van der Waals surface area contributed by atoms with Crippen molar-refractivity contribution in [3.05, 3.63) is 0 Å². The molecule has 6 nitrogen and oxygen atoms in total. The number of hydrogen-bond acceptors (Lipinski definition) is 3. The van der Waals surface area contributed by atoms with Gasteiger partial charge in [0.05, 0.1) is 0 Å². The van der Waals surface area contributed by atoms with E-state index in [0.29, 0.717) is 0 Å². The second kappa shape index (κ2) is 32.3. The summed E-state index contributed by atoms with van der Waals surface area (Å²) >= 11 is 0. The van der Waals surface area contributed by atoms with Gasteiger partial charge >= 0.3 is 28.7 Å². The summed E-state index contributed by atoms with van der Waals surface area (Å²) in [4.78, 5) is 0. The van der Waals surface area contributed by atoms with Gasteiger partial charge in [0, 0.05) is 0 Å². The Morgan fingerprint density at radius 1 is 0.875 bits per heavy atom. The molecule has 0 aromatic carbocycles. The van der Waals surface area contributed by atoms with Crippen LogP contribution in [-0.4, -0.2) is 31.1 Å². The van der Waals surface area contributed by atoms with Crippen LogP contribution < -0.4 is 0 Å². The molecule has 0 aliphatic heterocycles. The molecule has 0 heterocycles. The van der Waals surface area contributed by atoms with Crippen LogP contribution in [0.1, 0.15) is 0 Å². The van der Waals surface area contributed by atoms with Gasteiger partial charge in [0.1, 0.15) is 0 Å². The van der Waals surface area contributed by atoms with Gasteiger partial charge in [-0.2, -0.15) is 0 Å². The van der Waals surface area contributed by atoms with E-state index in [1.807, 2.05) is 0 Å². The Morgan fingerprint density at radius 3 is 1.12 bits per heavy atom. The summed E-state index contributed by atoms with van der Waals surface area (Å²) in [7, 11) is 0.125. The van der Waals surface area contributed by atoms with Gasteiger partial charge in [-0.3, -0.25) is 0 Å². The molecule has 0 bridgehead atoms. The van der Waals surface area contributed by atoms with Crippen LogP contribution in [0, 0.1) is 0 Å². The van der Waals surface area contributed by atoms with Crippen LogP contribution >= 0.6 is 0 Å². The van der Waals surface area contributed by atoms with E-state index in [9.17, 15) is 0 Å². The van der Waals surface area contributed by atoms with Crippen LogP contribution in [0.15, 0.2) is 0 Å². The number of hydrogen-bond donors (Lipinski definition) is 0. The van der Waals surface area contributed by atoms with Crippen molar-refractivity contribution in [2.45, 2.75) is 0 Å². The van der Waals surface area contributed by atoms with Gasteiger partial charge in [0.2, 0.25) is 0 Å². The van der Waals surface area contributed by atoms with Gasteiger partial charge in [-0.1, -0.05) is 0 Å². The third kappa shape index (κ3) is 52.9. The van der Waals surface area contributed by atoms with Crippen molar-refractivity contribution in [3.63, 3.8) is 0 Å². The quantitative estimate of drug-likeness (QED) is 0.352. The van der Waals surface area contributed by atoms with E-state index in [-0.39, 0.29) is 31.1 Å². The molecule has 0 rings (SSSR count). The summed E-state index contributed by atoms with van der Waals surface area (Å²) in [6.45, 7) is 0. The monoisotopic (exact) mass is 124 g/mol. The zero-order valence-corrected chi connectivity index (χ0v) is 3.88. The van der Waals surface area contributed by atoms with Gasteiger partial charge in [-0.25, -0.2) is 0 Å². The van der Waals surface area contributed by atoms with Crippen LogP contribution in [0.5, 0.6) is 0 Å². The van der Waals surface area contributed by atoms with Gasteiger partial charge in [0.15, 0.2) is 0 Å². The zero-order valence-electron chi connectivity index (χ0n) is 3.88. The summed E-state index contributed by atoms with van der Waals surface area (Å²) in [6.07, 6.45) is 0. The molecule has 0 radical (unpaired) electrons. The molecule has 0 fully saturated rings. The fraction of sp³-hybridized carbons (Fsp3) is 0. The van der Waals surface area contributed by atoms with Crippen molar-refractivity contribution < 1.29 is 30.4 Å². The first-order valence-corrected chi connectivity index (χ1v) is 0.943. The maximum atomic E-state index is 8.95. The standard InChI is InChI=1S/B2O3.3H2O/c3-1-5-2-4;;;/h;3*1H2. The maximum absolute atomic E-state index is 8.95. The normalized spacial score (nSPS) is 2.50. The minimum absolute atomic E-state index is 0. The summed E-state index contributed by atoms with van der Waals surface area (Å²) in [5, 5.41) is 0. The van der Waals surface area contributed by atoms with Crippen molar-refractivity contribution in [1.82, 2.24) is 0 Å². The molecule has 8 heavy (non-hydrogen) atoms. The van der Waals surface area contributed by atoms with Gasteiger partial charge < -0.3 is 16.4 Å². The minimum atomic E-state index is 0. The van der Waals surface area contributed by atoms with E-state index in [4.69, 9.17) is 9.41 Å². The molecular formula is H6B2O6. The van der Waals surface area contributed by atoms with Crippen molar-refractivity contribution in [2.24, 2.45) is 0 Å². The van der Waals surface area contributed by atoms with E-state index in [1.165, 1.54) is 0 Å². The average Bonchev–Trinajstić information content (AvgIpc) is 1.41. The second-order valence-electron chi connectivity index (χ2n) is 0.329. The molecule has 6 N–H and O–H groups in total. The summed E-state index contributed by atoms with van der Waals surface area (Å²) in [6, 6.07) is 0. The van der Waals surface area contributed by atoms with Crippen LogP contribution in [-0.2, 0) is 14.0 Å². The van der Waals surface area contributed by atoms with E-state index in [2.05, 4.69) is 4.57 Å². The third-order valence-electron chi connectivity index (χ3n) is 0.111. The van der Waals surface area contributed by atoms with Crippen LogP contribution in [0.4, 0.5) is 0 Å². The average molecular weight is 124 g/mol. The Morgan fingerprint density at radius 2 is 1.12 bits per heavy atom. The Kier molecular flexibility index (Phi) is 106. The Hall–Kier alpha value is -0.590. The Bertz CT molecular complexity index is 35.8. The SMILES string of the molecule is O.O.O.O=BOB=O. The van der Waals surface area contributed by atoms with E-state index in [1.54, 1.807) is 0 Å². The Labute approximate surface area is 46.3 Å². The first kappa shape index (κ1) is 26.2. The van der Waals surface area contributed by atoms with Gasteiger partial charge in [0.25, 0.3) is 0 Å². The van der Waals surface area contributed by atoms with Gasteiger partial charge in [-0.05, 0) is 0 Å². The molecule has 0 aliphatic carbocycles.